The van der Waals surface area contributed by atoms with E-state index >= 15 is 0 Å². The van der Waals surface area contributed by atoms with Crippen molar-refractivity contribution in [3.8, 4) is 11.3 Å². The highest BCUT2D eigenvalue weighted by atomic mass is 16.5. The molecule has 30 heavy (non-hydrogen) atoms. The summed E-state index contributed by atoms with van der Waals surface area (Å²) < 4.78 is 7.16. The average molecular weight is 407 g/mol. The lowest BCUT2D eigenvalue weighted by Gasteiger charge is -2.26. The summed E-state index contributed by atoms with van der Waals surface area (Å²) in [6.45, 7) is 5.29. The van der Waals surface area contributed by atoms with Crippen molar-refractivity contribution in [2.75, 3.05) is 32.8 Å². The number of aromatic nitrogens is 3. The lowest BCUT2D eigenvalue weighted by atomic mass is 10.1. The van der Waals surface area contributed by atoms with Gasteiger partial charge in [0.25, 0.3) is 5.91 Å². The fourth-order valence-electron chi connectivity index (χ4n) is 3.48. The predicted octanol–water partition coefficient (Wildman–Crippen LogP) is 1.99. The summed E-state index contributed by atoms with van der Waals surface area (Å²) in [6.07, 6.45) is 2.94. The summed E-state index contributed by atoms with van der Waals surface area (Å²) in [5.74, 6) is -0.530. The first kappa shape index (κ1) is 20.2. The number of hydrogen-bond acceptors (Lipinski definition) is 6. The second-order valence-electron chi connectivity index (χ2n) is 7.34. The molecular weight excluding hydrogens is 382 g/mol. The number of carbonyl (C=O) groups excluding carboxylic acids is 1. The number of rotatable bonds is 7. The zero-order valence-electron chi connectivity index (χ0n) is 16.7. The summed E-state index contributed by atoms with van der Waals surface area (Å²) in [7, 11) is 0. The molecule has 1 fully saturated rings. The quantitative estimate of drug-likeness (QED) is 0.460. The second-order valence-corrected chi connectivity index (χ2v) is 7.34. The van der Waals surface area contributed by atoms with Gasteiger partial charge < -0.3 is 4.74 Å². The first-order valence-corrected chi connectivity index (χ1v) is 10.0. The molecule has 1 aromatic heterocycles. The van der Waals surface area contributed by atoms with Gasteiger partial charge in [-0.05, 0) is 29.7 Å². The van der Waals surface area contributed by atoms with Crippen molar-refractivity contribution < 1.29 is 14.7 Å². The molecule has 0 bridgehead atoms. The van der Waals surface area contributed by atoms with E-state index in [0.717, 1.165) is 56.1 Å². The van der Waals surface area contributed by atoms with Crippen LogP contribution < -0.4 is 5.48 Å². The van der Waals surface area contributed by atoms with E-state index in [1.807, 2.05) is 18.3 Å². The fourth-order valence-corrected chi connectivity index (χ4v) is 3.48. The molecule has 4 rings (SSSR count). The molecule has 0 saturated carbocycles. The molecule has 2 aromatic carbocycles. The van der Waals surface area contributed by atoms with E-state index in [9.17, 15) is 4.79 Å². The molecule has 8 nitrogen and oxygen atoms in total. The molecule has 8 heteroatoms. The summed E-state index contributed by atoms with van der Waals surface area (Å²) in [5.41, 5.74) is 6.18. The van der Waals surface area contributed by atoms with E-state index in [-0.39, 0.29) is 0 Å². The van der Waals surface area contributed by atoms with Gasteiger partial charge in [-0.1, -0.05) is 41.6 Å². The number of ether oxygens (including phenoxy) is 1. The molecule has 2 N–H and O–H groups in total. The number of nitrogens with one attached hydrogen (secondary N) is 1. The first-order valence-electron chi connectivity index (χ1n) is 10.0. The zero-order valence-corrected chi connectivity index (χ0v) is 16.7. The van der Waals surface area contributed by atoms with Gasteiger partial charge in [0, 0.05) is 30.8 Å². The summed E-state index contributed by atoms with van der Waals surface area (Å²) in [5, 5.41) is 17.2. The first-order chi connectivity index (χ1) is 14.7. The standard InChI is InChI=1S/C22H25N5O3/c28-22(24-29)20-7-3-18(4-8-20)15-27-16-21(23-25-27)19-5-1-17(2-6-19)9-10-26-11-13-30-14-12-26/h1-8,16,29H,9-15H2,(H,24,28). The van der Waals surface area contributed by atoms with Crippen LogP contribution in [-0.2, 0) is 17.7 Å². The summed E-state index contributed by atoms with van der Waals surface area (Å²) in [4.78, 5) is 13.8. The maximum atomic E-state index is 11.4. The van der Waals surface area contributed by atoms with Gasteiger partial charge in [-0.25, -0.2) is 10.2 Å². The van der Waals surface area contributed by atoms with Crippen molar-refractivity contribution >= 4 is 5.91 Å². The highest BCUT2D eigenvalue weighted by Crippen LogP contribution is 2.18. The van der Waals surface area contributed by atoms with E-state index in [2.05, 4.69) is 39.5 Å². The minimum Gasteiger partial charge on any atom is -0.379 e. The van der Waals surface area contributed by atoms with Crippen LogP contribution in [0.4, 0.5) is 0 Å². The number of morpholine rings is 1. The molecule has 1 amide bonds. The third kappa shape index (κ3) is 5.10. The van der Waals surface area contributed by atoms with Gasteiger partial charge in [0.1, 0.15) is 5.69 Å². The van der Waals surface area contributed by atoms with Crippen LogP contribution in [0.25, 0.3) is 11.3 Å². The van der Waals surface area contributed by atoms with Crippen molar-refractivity contribution in [2.45, 2.75) is 13.0 Å². The highest BCUT2D eigenvalue weighted by molar-refractivity contribution is 5.93. The second kappa shape index (κ2) is 9.62. The van der Waals surface area contributed by atoms with Gasteiger partial charge in [0.15, 0.2) is 0 Å². The average Bonchev–Trinajstić information content (AvgIpc) is 3.27. The van der Waals surface area contributed by atoms with Gasteiger partial charge >= 0.3 is 0 Å². The SMILES string of the molecule is O=C(NO)c1ccc(Cn2cc(-c3ccc(CCN4CCOCC4)cc3)nn2)cc1. The Morgan fingerprint density at radius 1 is 1.03 bits per heavy atom. The molecule has 3 aromatic rings. The van der Waals surface area contributed by atoms with Crippen molar-refractivity contribution in [3.63, 3.8) is 0 Å². The number of nitrogens with zero attached hydrogens (tertiary/aromatic N) is 4. The predicted molar refractivity (Wildman–Crippen MR) is 111 cm³/mol. The fraction of sp³-hybridized carbons (Fsp3) is 0.318. The molecule has 0 atom stereocenters. The number of hydrogen-bond donors (Lipinski definition) is 2. The third-order valence-electron chi connectivity index (χ3n) is 5.27. The number of benzene rings is 2. The number of carbonyl (C=O) groups is 1. The largest absolute Gasteiger partial charge is 0.379 e. The molecule has 0 unspecified atom stereocenters. The van der Waals surface area contributed by atoms with E-state index in [4.69, 9.17) is 9.94 Å². The maximum absolute atomic E-state index is 11.4. The molecule has 0 aliphatic carbocycles. The minimum absolute atomic E-state index is 0.397. The van der Waals surface area contributed by atoms with Crippen molar-refractivity contribution in [1.82, 2.24) is 25.4 Å². The van der Waals surface area contributed by atoms with Crippen LogP contribution in [0.5, 0.6) is 0 Å². The Labute approximate surface area is 175 Å². The summed E-state index contributed by atoms with van der Waals surface area (Å²) in [6, 6.07) is 15.5. The molecular formula is C22H25N5O3. The van der Waals surface area contributed by atoms with Crippen LogP contribution in [0.2, 0.25) is 0 Å². The summed E-state index contributed by atoms with van der Waals surface area (Å²) >= 11 is 0. The Balaban J connectivity index is 1.34. The molecule has 156 valence electrons. The molecule has 1 saturated heterocycles. The smallest absolute Gasteiger partial charge is 0.274 e. The van der Waals surface area contributed by atoms with E-state index in [1.54, 1.807) is 22.3 Å². The molecule has 0 spiro atoms. The van der Waals surface area contributed by atoms with Crippen LogP contribution in [0.1, 0.15) is 21.5 Å². The highest BCUT2D eigenvalue weighted by Gasteiger charge is 2.10. The van der Waals surface area contributed by atoms with Crippen molar-refractivity contribution in [1.29, 1.82) is 0 Å². The van der Waals surface area contributed by atoms with Crippen LogP contribution in [-0.4, -0.2) is 63.9 Å². The van der Waals surface area contributed by atoms with Crippen LogP contribution in [0.15, 0.2) is 54.7 Å². The normalized spacial score (nSPS) is 14.6. The van der Waals surface area contributed by atoms with Gasteiger partial charge in [0.2, 0.25) is 0 Å². The molecule has 1 aliphatic rings. The lowest BCUT2D eigenvalue weighted by Crippen LogP contribution is -2.37. The number of hydroxylamine groups is 1. The van der Waals surface area contributed by atoms with Gasteiger partial charge in [-0.3, -0.25) is 14.9 Å². The molecule has 1 aliphatic heterocycles. The minimum atomic E-state index is -0.530. The molecule has 0 radical (unpaired) electrons. The maximum Gasteiger partial charge on any atom is 0.274 e. The zero-order chi connectivity index (χ0) is 20.8. The van der Waals surface area contributed by atoms with Crippen LogP contribution in [0.3, 0.4) is 0 Å². The Bertz CT molecular complexity index is 963. The van der Waals surface area contributed by atoms with Gasteiger partial charge in [0.05, 0.1) is 26.0 Å². The number of amides is 1. The molecule has 2 heterocycles. The van der Waals surface area contributed by atoms with E-state index < -0.39 is 5.91 Å². The third-order valence-corrected chi connectivity index (χ3v) is 5.27. The Hall–Kier alpha value is -3.07. The monoisotopic (exact) mass is 407 g/mol. The van der Waals surface area contributed by atoms with E-state index in [1.165, 1.54) is 5.56 Å². The lowest BCUT2D eigenvalue weighted by molar-refractivity contribution is 0.0384. The topological polar surface area (TPSA) is 92.5 Å². The van der Waals surface area contributed by atoms with Gasteiger partial charge in [-0.2, -0.15) is 0 Å². The van der Waals surface area contributed by atoms with Crippen molar-refractivity contribution in [3.05, 3.63) is 71.4 Å². The Morgan fingerprint density at radius 2 is 1.73 bits per heavy atom. The van der Waals surface area contributed by atoms with E-state index in [0.29, 0.717) is 12.1 Å². The van der Waals surface area contributed by atoms with Crippen LogP contribution >= 0.6 is 0 Å². The Kier molecular flexibility index (Phi) is 6.48. The van der Waals surface area contributed by atoms with Crippen molar-refractivity contribution in [2.24, 2.45) is 0 Å². The van der Waals surface area contributed by atoms with Gasteiger partial charge in [-0.15, -0.1) is 5.10 Å². The Morgan fingerprint density at radius 3 is 2.43 bits per heavy atom. The van der Waals surface area contributed by atoms with Crippen LogP contribution in [0, 0.1) is 0 Å².